The molecule has 0 radical (unpaired) electrons. The van der Waals surface area contributed by atoms with E-state index in [1.807, 2.05) is 0 Å². The van der Waals surface area contributed by atoms with Crippen molar-refractivity contribution in [1.29, 1.82) is 0 Å². The van der Waals surface area contributed by atoms with Crippen LogP contribution in [-0.2, 0) is 0 Å². The van der Waals surface area contributed by atoms with Crippen molar-refractivity contribution in [2.45, 2.75) is 0 Å². The number of aromatic nitrogens is 3. The minimum Gasteiger partial charge on any atom is -0.504 e. The van der Waals surface area contributed by atoms with Gasteiger partial charge in [0.1, 0.15) is 11.1 Å². The molecular formula is C19H13N3O4. The predicted molar refractivity (Wildman–Crippen MR) is 97.6 cm³/mol. The number of hydrogen-bond donors (Lipinski definition) is 3. The molecule has 128 valence electrons. The highest BCUT2D eigenvalue weighted by molar-refractivity contribution is 6.14. The van der Waals surface area contributed by atoms with Crippen LogP contribution in [0.1, 0.15) is 0 Å². The third-order valence-corrected chi connectivity index (χ3v) is 4.49. The number of benzene rings is 2. The molecule has 0 unspecified atom stereocenters. The average molecular weight is 347 g/mol. The van der Waals surface area contributed by atoms with E-state index in [0.29, 0.717) is 28.1 Å². The summed E-state index contributed by atoms with van der Waals surface area (Å²) in [7, 11) is 1.50. The maximum Gasteiger partial charge on any atom is 0.182 e. The Hall–Kier alpha value is -3.74. The molecule has 7 nitrogen and oxygen atoms in total. The first-order valence-electron chi connectivity index (χ1n) is 7.95. The number of aromatic hydroxyl groups is 1. The number of phenols is 1. The quantitative estimate of drug-likeness (QED) is 0.453. The largest absolute Gasteiger partial charge is 0.504 e. The summed E-state index contributed by atoms with van der Waals surface area (Å²) in [6.45, 7) is 0. The van der Waals surface area contributed by atoms with E-state index in [1.54, 1.807) is 30.5 Å². The zero-order chi connectivity index (χ0) is 17.8. The Morgan fingerprint density at radius 3 is 2.88 bits per heavy atom. The van der Waals surface area contributed by atoms with Gasteiger partial charge >= 0.3 is 0 Å². The van der Waals surface area contributed by atoms with Crippen LogP contribution in [-0.4, -0.2) is 27.4 Å². The second kappa shape index (κ2) is 5.13. The van der Waals surface area contributed by atoms with E-state index < -0.39 is 0 Å². The van der Waals surface area contributed by atoms with Gasteiger partial charge in [0.05, 0.1) is 7.11 Å². The molecule has 26 heavy (non-hydrogen) atoms. The Kier molecular flexibility index (Phi) is 2.88. The first kappa shape index (κ1) is 14.6. The molecule has 0 bridgehead atoms. The lowest BCUT2D eigenvalue weighted by molar-refractivity contribution is 0.373. The molecule has 0 saturated carbocycles. The summed E-state index contributed by atoms with van der Waals surface area (Å²) >= 11 is 0. The van der Waals surface area contributed by atoms with E-state index in [2.05, 4.69) is 15.2 Å². The van der Waals surface area contributed by atoms with Crippen LogP contribution in [0, 0.1) is 0 Å². The van der Waals surface area contributed by atoms with Crippen molar-refractivity contribution in [3.05, 3.63) is 52.8 Å². The van der Waals surface area contributed by atoms with Crippen molar-refractivity contribution in [2.75, 3.05) is 7.11 Å². The fourth-order valence-electron chi connectivity index (χ4n) is 3.29. The van der Waals surface area contributed by atoms with Crippen molar-refractivity contribution < 1.29 is 14.3 Å². The van der Waals surface area contributed by atoms with Crippen molar-refractivity contribution in [1.82, 2.24) is 15.2 Å². The molecule has 0 aliphatic rings. The summed E-state index contributed by atoms with van der Waals surface area (Å²) in [5.74, 6) is 0.414. The summed E-state index contributed by atoms with van der Waals surface area (Å²) in [4.78, 5) is 16.3. The number of pyridine rings is 1. The van der Waals surface area contributed by atoms with Crippen LogP contribution in [0.2, 0.25) is 0 Å². The highest BCUT2D eigenvalue weighted by Gasteiger charge is 2.19. The Bertz CT molecular complexity index is 1360. The topological polar surface area (TPSA) is 104 Å². The van der Waals surface area contributed by atoms with E-state index in [1.165, 1.54) is 19.2 Å². The molecule has 0 atom stereocenters. The maximum atomic E-state index is 11.7. The Morgan fingerprint density at radius 2 is 2.04 bits per heavy atom. The van der Waals surface area contributed by atoms with Crippen LogP contribution in [0.3, 0.4) is 0 Å². The SMILES string of the molecule is COc1cc(-c2c3c[nH][nH]c3nc3c2oc2cc(=O)ccc23)ccc1O. The first-order chi connectivity index (χ1) is 12.7. The molecule has 3 N–H and O–H groups in total. The number of phenolic OH excluding ortho intramolecular Hbond substituents is 1. The van der Waals surface area contributed by atoms with E-state index in [4.69, 9.17) is 9.15 Å². The van der Waals surface area contributed by atoms with Gasteiger partial charge in [0, 0.05) is 28.6 Å². The van der Waals surface area contributed by atoms with Gasteiger partial charge in [0.2, 0.25) is 0 Å². The average Bonchev–Trinajstić information content (AvgIpc) is 3.24. The maximum absolute atomic E-state index is 11.7. The molecule has 0 aliphatic carbocycles. The molecular weight excluding hydrogens is 334 g/mol. The molecule has 7 heteroatoms. The fraction of sp³-hybridized carbons (Fsp3) is 0.0526. The second-order valence-corrected chi connectivity index (χ2v) is 5.99. The van der Waals surface area contributed by atoms with Crippen molar-refractivity contribution in [3.8, 4) is 22.6 Å². The van der Waals surface area contributed by atoms with E-state index >= 15 is 0 Å². The van der Waals surface area contributed by atoms with Crippen LogP contribution in [0.15, 0.2) is 51.8 Å². The van der Waals surface area contributed by atoms with E-state index in [9.17, 15) is 9.90 Å². The standard InChI is InChI=1S/C19H13N3O4/c1-25-15-6-9(2-5-13(15)24)16-12-8-20-22-19(12)21-17-11-4-3-10(23)7-14(11)26-18(16)17/h2-8,24H,1H3,(H2,20,21,22). The van der Waals surface area contributed by atoms with Crippen molar-refractivity contribution >= 4 is 33.1 Å². The second-order valence-electron chi connectivity index (χ2n) is 5.99. The number of hydrogen-bond acceptors (Lipinski definition) is 5. The van der Waals surface area contributed by atoms with Crippen molar-refractivity contribution in [3.63, 3.8) is 0 Å². The van der Waals surface area contributed by atoms with Gasteiger partial charge in [-0.05, 0) is 29.8 Å². The van der Waals surface area contributed by atoms with Crippen LogP contribution in [0.5, 0.6) is 11.5 Å². The Balaban J connectivity index is 1.96. The monoisotopic (exact) mass is 347 g/mol. The lowest BCUT2D eigenvalue weighted by atomic mass is 10.0. The van der Waals surface area contributed by atoms with Crippen LogP contribution in [0.25, 0.3) is 44.2 Å². The summed E-state index contributed by atoms with van der Waals surface area (Å²) in [6.07, 6.45) is 1.79. The molecule has 0 spiro atoms. The number of rotatable bonds is 2. The highest BCUT2D eigenvalue weighted by atomic mass is 16.5. The van der Waals surface area contributed by atoms with Gasteiger partial charge in [-0.15, -0.1) is 0 Å². The summed E-state index contributed by atoms with van der Waals surface area (Å²) in [5, 5.41) is 17.5. The lowest BCUT2D eigenvalue weighted by Crippen LogP contribution is -1.92. The van der Waals surface area contributed by atoms with Gasteiger partial charge in [-0.1, -0.05) is 6.07 Å². The number of furan rings is 1. The zero-order valence-corrected chi connectivity index (χ0v) is 13.7. The van der Waals surface area contributed by atoms with Crippen molar-refractivity contribution in [2.24, 2.45) is 0 Å². The number of nitrogens with zero attached hydrogens (tertiary/aromatic N) is 1. The molecule has 5 rings (SSSR count). The lowest BCUT2D eigenvalue weighted by Gasteiger charge is -2.08. The van der Waals surface area contributed by atoms with E-state index in [0.717, 1.165) is 21.9 Å². The number of ether oxygens (including phenoxy) is 1. The predicted octanol–water partition coefficient (Wildman–Crippen LogP) is 3.53. The molecule has 5 aromatic rings. The number of H-pyrrole nitrogens is 2. The van der Waals surface area contributed by atoms with E-state index in [-0.39, 0.29) is 11.2 Å². The van der Waals surface area contributed by atoms with Crippen LogP contribution in [0.4, 0.5) is 0 Å². The molecule has 0 aliphatic heterocycles. The van der Waals surface area contributed by atoms with Gasteiger partial charge in [0.15, 0.2) is 28.2 Å². The molecule has 2 aromatic carbocycles. The van der Waals surface area contributed by atoms with Gasteiger partial charge in [-0.2, -0.15) is 0 Å². The number of aromatic amines is 2. The third-order valence-electron chi connectivity index (χ3n) is 4.49. The summed E-state index contributed by atoms with van der Waals surface area (Å²) in [6, 6.07) is 9.76. The fourth-order valence-corrected chi connectivity index (χ4v) is 3.29. The third kappa shape index (κ3) is 1.94. The Morgan fingerprint density at radius 1 is 1.15 bits per heavy atom. The van der Waals surface area contributed by atoms with Gasteiger partial charge < -0.3 is 19.4 Å². The molecule has 0 saturated heterocycles. The Labute approximate surface area is 145 Å². The van der Waals surface area contributed by atoms with Gasteiger partial charge in [0.25, 0.3) is 0 Å². The summed E-state index contributed by atoms with van der Waals surface area (Å²) in [5.41, 5.74) is 3.85. The van der Waals surface area contributed by atoms with Crippen LogP contribution < -0.4 is 10.2 Å². The molecule has 0 fully saturated rings. The number of fused-ring (bicyclic) bond motifs is 4. The highest BCUT2D eigenvalue weighted by Crippen LogP contribution is 2.40. The molecule has 0 amide bonds. The first-order valence-corrected chi connectivity index (χ1v) is 7.95. The van der Waals surface area contributed by atoms with Gasteiger partial charge in [-0.3, -0.25) is 9.89 Å². The van der Waals surface area contributed by atoms with Gasteiger partial charge in [-0.25, -0.2) is 4.98 Å². The summed E-state index contributed by atoms with van der Waals surface area (Å²) < 4.78 is 11.2. The van der Waals surface area contributed by atoms with Crippen LogP contribution >= 0.6 is 0 Å². The normalized spacial score (nSPS) is 11.6. The number of methoxy groups -OCH3 is 1. The minimum absolute atomic E-state index is 0.0547. The number of nitrogens with one attached hydrogen (secondary N) is 2. The molecule has 3 heterocycles. The minimum atomic E-state index is -0.122. The zero-order valence-electron chi connectivity index (χ0n) is 13.7. The smallest absolute Gasteiger partial charge is 0.182 e. The molecule has 3 aromatic heterocycles.